The van der Waals surface area contributed by atoms with Crippen molar-refractivity contribution in [1.29, 1.82) is 0 Å². The Morgan fingerprint density at radius 1 is 1.24 bits per heavy atom. The lowest BCUT2D eigenvalue weighted by Crippen LogP contribution is -2.24. The largest absolute Gasteiger partial charge is 0.368 e. The van der Waals surface area contributed by atoms with E-state index < -0.39 is 0 Å². The van der Waals surface area contributed by atoms with E-state index in [2.05, 4.69) is 20.6 Å². The van der Waals surface area contributed by atoms with Gasteiger partial charge in [0.15, 0.2) is 0 Å². The van der Waals surface area contributed by atoms with Crippen molar-refractivity contribution in [2.24, 2.45) is 0 Å². The van der Waals surface area contributed by atoms with E-state index in [1.807, 2.05) is 45.0 Å². The molecule has 0 aliphatic carbocycles. The van der Waals surface area contributed by atoms with Gasteiger partial charge in [-0.3, -0.25) is 4.79 Å². The van der Waals surface area contributed by atoms with Crippen LogP contribution in [0.2, 0.25) is 0 Å². The molecule has 1 amide bonds. The van der Waals surface area contributed by atoms with Crippen LogP contribution < -0.4 is 10.6 Å². The smallest absolute Gasteiger partial charge is 0.270 e. The van der Waals surface area contributed by atoms with Gasteiger partial charge in [-0.25, -0.2) is 9.97 Å². The zero-order chi connectivity index (χ0) is 15.2. The first kappa shape index (κ1) is 15.0. The van der Waals surface area contributed by atoms with Gasteiger partial charge in [-0.05, 0) is 31.9 Å². The van der Waals surface area contributed by atoms with E-state index in [0.717, 1.165) is 11.1 Å². The molecule has 110 valence electrons. The van der Waals surface area contributed by atoms with Crippen molar-refractivity contribution in [1.82, 2.24) is 15.3 Å². The Hall–Kier alpha value is -2.43. The first-order valence-electron chi connectivity index (χ1n) is 6.97. The molecule has 5 heteroatoms. The Kier molecular flexibility index (Phi) is 4.87. The summed E-state index contributed by atoms with van der Waals surface area (Å²) in [6, 6.07) is 9.88. The van der Waals surface area contributed by atoms with Crippen molar-refractivity contribution in [3.63, 3.8) is 0 Å². The second-order valence-electron chi connectivity index (χ2n) is 5.20. The number of amides is 1. The number of carbonyl (C=O) groups is 1. The molecule has 0 saturated carbocycles. The van der Waals surface area contributed by atoms with Gasteiger partial charge in [0, 0.05) is 18.7 Å². The number of hydrogen-bond donors (Lipinski definition) is 2. The number of aryl methyl sites for hydroxylation is 1. The van der Waals surface area contributed by atoms with E-state index in [1.54, 1.807) is 6.07 Å². The summed E-state index contributed by atoms with van der Waals surface area (Å²) in [6.45, 7) is 6.54. The van der Waals surface area contributed by atoms with Gasteiger partial charge < -0.3 is 10.6 Å². The van der Waals surface area contributed by atoms with E-state index >= 15 is 0 Å². The minimum absolute atomic E-state index is 0.201. The average molecular weight is 284 g/mol. The fourth-order valence-corrected chi connectivity index (χ4v) is 1.93. The van der Waals surface area contributed by atoms with Crippen LogP contribution in [0.25, 0.3) is 0 Å². The molecule has 0 radical (unpaired) electrons. The van der Waals surface area contributed by atoms with Gasteiger partial charge in [0.1, 0.15) is 17.8 Å². The van der Waals surface area contributed by atoms with Crippen LogP contribution in [0.15, 0.2) is 36.7 Å². The van der Waals surface area contributed by atoms with Crippen molar-refractivity contribution in [3.05, 3.63) is 53.5 Å². The van der Waals surface area contributed by atoms with Crippen molar-refractivity contribution >= 4 is 11.7 Å². The van der Waals surface area contributed by atoms with E-state index in [9.17, 15) is 4.79 Å². The minimum atomic E-state index is -0.201. The monoisotopic (exact) mass is 284 g/mol. The molecule has 1 aromatic carbocycles. The molecule has 0 saturated heterocycles. The van der Waals surface area contributed by atoms with Crippen LogP contribution in [0.3, 0.4) is 0 Å². The zero-order valence-electron chi connectivity index (χ0n) is 12.6. The molecular formula is C16H20N4O. The van der Waals surface area contributed by atoms with E-state index in [4.69, 9.17) is 0 Å². The third kappa shape index (κ3) is 4.27. The van der Waals surface area contributed by atoms with Crippen LogP contribution >= 0.6 is 0 Å². The lowest BCUT2D eigenvalue weighted by molar-refractivity contribution is 0.0945. The van der Waals surface area contributed by atoms with Crippen molar-refractivity contribution in [2.45, 2.75) is 33.4 Å². The molecule has 0 aliphatic rings. The molecule has 5 nitrogen and oxygen atoms in total. The number of anilines is 1. The lowest BCUT2D eigenvalue weighted by atomic mass is 10.1. The first-order valence-corrected chi connectivity index (χ1v) is 6.97. The van der Waals surface area contributed by atoms with Crippen molar-refractivity contribution in [2.75, 3.05) is 5.32 Å². The van der Waals surface area contributed by atoms with Gasteiger partial charge >= 0.3 is 0 Å². The SMILES string of the molecule is Cc1ccccc1CNC(=O)c1cc(NC(C)C)ncn1. The predicted octanol–water partition coefficient (Wildman–Crippen LogP) is 2.54. The Labute approximate surface area is 124 Å². The summed E-state index contributed by atoms with van der Waals surface area (Å²) in [5.74, 6) is 0.452. The molecule has 1 heterocycles. The maximum atomic E-state index is 12.1. The maximum Gasteiger partial charge on any atom is 0.270 e. The van der Waals surface area contributed by atoms with Gasteiger partial charge in [-0.2, -0.15) is 0 Å². The highest BCUT2D eigenvalue weighted by molar-refractivity contribution is 5.92. The molecule has 21 heavy (non-hydrogen) atoms. The maximum absolute atomic E-state index is 12.1. The Bertz CT molecular complexity index is 625. The summed E-state index contributed by atoms with van der Waals surface area (Å²) in [5, 5.41) is 6.03. The summed E-state index contributed by atoms with van der Waals surface area (Å²) in [7, 11) is 0. The number of carbonyl (C=O) groups excluding carboxylic acids is 1. The van der Waals surface area contributed by atoms with Gasteiger partial charge in [-0.15, -0.1) is 0 Å². The van der Waals surface area contributed by atoms with E-state index in [0.29, 0.717) is 18.1 Å². The topological polar surface area (TPSA) is 66.9 Å². The fraction of sp³-hybridized carbons (Fsp3) is 0.312. The number of nitrogens with one attached hydrogen (secondary N) is 2. The van der Waals surface area contributed by atoms with Gasteiger partial charge in [0.25, 0.3) is 5.91 Å². The Morgan fingerprint density at radius 3 is 2.71 bits per heavy atom. The molecule has 0 bridgehead atoms. The van der Waals surface area contributed by atoms with Gasteiger partial charge in [0.2, 0.25) is 0 Å². The van der Waals surface area contributed by atoms with Crippen LogP contribution in [0.1, 0.15) is 35.5 Å². The van der Waals surface area contributed by atoms with E-state index in [1.165, 1.54) is 6.33 Å². The number of rotatable bonds is 5. The summed E-state index contributed by atoms with van der Waals surface area (Å²) >= 11 is 0. The number of nitrogens with zero attached hydrogens (tertiary/aromatic N) is 2. The molecule has 0 aliphatic heterocycles. The average Bonchev–Trinajstić information content (AvgIpc) is 2.45. The normalized spacial score (nSPS) is 10.5. The number of benzene rings is 1. The molecule has 0 fully saturated rings. The van der Waals surface area contributed by atoms with Crippen LogP contribution in [-0.2, 0) is 6.54 Å². The second-order valence-corrected chi connectivity index (χ2v) is 5.20. The third-order valence-electron chi connectivity index (χ3n) is 3.04. The quantitative estimate of drug-likeness (QED) is 0.885. The molecule has 0 spiro atoms. The molecule has 1 aromatic heterocycles. The van der Waals surface area contributed by atoms with Crippen molar-refractivity contribution in [3.8, 4) is 0 Å². The molecule has 0 atom stereocenters. The highest BCUT2D eigenvalue weighted by Crippen LogP contribution is 2.08. The molecular weight excluding hydrogens is 264 g/mol. The summed E-state index contributed by atoms with van der Waals surface area (Å²) < 4.78 is 0. The van der Waals surface area contributed by atoms with Gasteiger partial charge in [-0.1, -0.05) is 24.3 Å². The molecule has 0 unspecified atom stereocenters. The Morgan fingerprint density at radius 2 is 2.00 bits per heavy atom. The minimum Gasteiger partial charge on any atom is -0.368 e. The Balaban J connectivity index is 2.02. The predicted molar refractivity (Wildman–Crippen MR) is 83.1 cm³/mol. The highest BCUT2D eigenvalue weighted by atomic mass is 16.1. The van der Waals surface area contributed by atoms with Crippen LogP contribution in [0.4, 0.5) is 5.82 Å². The van der Waals surface area contributed by atoms with E-state index in [-0.39, 0.29) is 11.9 Å². The first-order chi connectivity index (χ1) is 10.1. The zero-order valence-corrected chi connectivity index (χ0v) is 12.6. The highest BCUT2D eigenvalue weighted by Gasteiger charge is 2.09. The summed E-state index contributed by atoms with van der Waals surface area (Å²) in [4.78, 5) is 20.2. The van der Waals surface area contributed by atoms with Crippen LogP contribution in [-0.4, -0.2) is 21.9 Å². The summed E-state index contributed by atoms with van der Waals surface area (Å²) in [5.41, 5.74) is 2.62. The van der Waals surface area contributed by atoms with Crippen LogP contribution in [0.5, 0.6) is 0 Å². The summed E-state index contributed by atoms with van der Waals surface area (Å²) in [6.07, 6.45) is 1.40. The van der Waals surface area contributed by atoms with Crippen molar-refractivity contribution < 1.29 is 4.79 Å². The molecule has 2 rings (SSSR count). The van der Waals surface area contributed by atoms with Gasteiger partial charge in [0.05, 0.1) is 0 Å². The third-order valence-corrected chi connectivity index (χ3v) is 3.04. The fourth-order valence-electron chi connectivity index (χ4n) is 1.93. The molecule has 2 aromatic rings. The second kappa shape index (κ2) is 6.83. The number of aromatic nitrogens is 2. The van der Waals surface area contributed by atoms with Crippen LogP contribution in [0, 0.1) is 6.92 Å². The number of hydrogen-bond acceptors (Lipinski definition) is 4. The molecule has 2 N–H and O–H groups in total. The lowest BCUT2D eigenvalue weighted by Gasteiger charge is -2.10. The standard InChI is InChI=1S/C16H20N4O/c1-11(2)20-15-8-14(18-10-19-15)16(21)17-9-13-7-5-4-6-12(13)3/h4-8,10-11H,9H2,1-3H3,(H,17,21)(H,18,19,20).